The molecule has 5 aromatic rings. The van der Waals surface area contributed by atoms with Crippen molar-refractivity contribution in [1.29, 1.82) is 0 Å². The van der Waals surface area contributed by atoms with Crippen molar-refractivity contribution in [2.45, 2.75) is 6.42 Å². The summed E-state index contributed by atoms with van der Waals surface area (Å²) in [6.45, 7) is 3.00. The molecular formula is C26H23N7O3. The molecule has 0 unspecified atom stereocenters. The maximum absolute atomic E-state index is 12.5. The lowest BCUT2D eigenvalue weighted by molar-refractivity contribution is -0.115. The number of H-pyrrole nitrogens is 1. The zero-order valence-electron chi connectivity index (χ0n) is 19.3. The largest absolute Gasteiger partial charge is 0.378 e. The maximum Gasteiger partial charge on any atom is 0.232 e. The van der Waals surface area contributed by atoms with Crippen molar-refractivity contribution in [2.24, 2.45) is 0 Å². The molecule has 0 atom stereocenters. The van der Waals surface area contributed by atoms with E-state index in [2.05, 4.69) is 41.4 Å². The van der Waals surface area contributed by atoms with Crippen LogP contribution in [0.3, 0.4) is 0 Å². The van der Waals surface area contributed by atoms with Gasteiger partial charge in [-0.15, -0.1) is 0 Å². The Morgan fingerprint density at radius 3 is 2.61 bits per heavy atom. The van der Waals surface area contributed by atoms with Crippen molar-refractivity contribution in [3.05, 3.63) is 73.0 Å². The molecule has 1 aromatic carbocycles. The van der Waals surface area contributed by atoms with Crippen molar-refractivity contribution < 1.29 is 14.1 Å². The van der Waals surface area contributed by atoms with Crippen LogP contribution in [0.5, 0.6) is 0 Å². The molecule has 2 N–H and O–H groups in total. The number of anilines is 2. The van der Waals surface area contributed by atoms with E-state index in [4.69, 9.17) is 9.26 Å². The van der Waals surface area contributed by atoms with E-state index in [1.54, 1.807) is 24.8 Å². The third-order valence-corrected chi connectivity index (χ3v) is 6.06. The summed E-state index contributed by atoms with van der Waals surface area (Å²) >= 11 is 0. The number of ether oxygens (including phenoxy) is 1. The van der Waals surface area contributed by atoms with Gasteiger partial charge in [0.2, 0.25) is 5.91 Å². The summed E-state index contributed by atoms with van der Waals surface area (Å²) < 4.78 is 10.8. The number of morpholine rings is 1. The van der Waals surface area contributed by atoms with E-state index in [0.29, 0.717) is 30.4 Å². The topological polar surface area (TPSA) is 122 Å². The van der Waals surface area contributed by atoms with Gasteiger partial charge in [0.05, 0.1) is 25.0 Å². The first kappa shape index (κ1) is 21.9. The number of nitrogens with one attached hydrogen (secondary N) is 2. The number of pyridine rings is 1. The second-order valence-corrected chi connectivity index (χ2v) is 8.46. The van der Waals surface area contributed by atoms with Crippen LogP contribution in [0.25, 0.3) is 33.5 Å². The highest BCUT2D eigenvalue weighted by molar-refractivity contribution is 5.93. The van der Waals surface area contributed by atoms with Gasteiger partial charge in [0.25, 0.3) is 0 Å². The normalized spacial score (nSPS) is 13.7. The van der Waals surface area contributed by atoms with E-state index >= 15 is 0 Å². The summed E-state index contributed by atoms with van der Waals surface area (Å²) in [4.78, 5) is 31.1. The lowest BCUT2D eigenvalue weighted by Crippen LogP contribution is -2.36. The van der Waals surface area contributed by atoms with Crippen LogP contribution >= 0.6 is 0 Å². The molecule has 1 fully saturated rings. The number of nitrogens with zero attached hydrogens (tertiary/aromatic N) is 5. The Labute approximate surface area is 206 Å². The second kappa shape index (κ2) is 9.59. The Bertz CT molecular complexity index is 1490. The van der Waals surface area contributed by atoms with Crippen molar-refractivity contribution in [1.82, 2.24) is 25.1 Å². The third-order valence-electron chi connectivity index (χ3n) is 6.06. The van der Waals surface area contributed by atoms with Crippen molar-refractivity contribution in [3.8, 4) is 22.5 Å². The molecule has 0 radical (unpaired) electrons. The number of aromatic amines is 1. The van der Waals surface area contributed by atoms with E-state index in [9.17, 15) is 4.79 Å². The quantitative estimate of drug-likeness (QED) is 0.377. The Kier molecular flexibility index (Phi) is 5.84. The Morgan fingerprint density at radius 1 is 1.00 bits per heavy atom. The third kappa shape index (κ3) is 4.53. The average molecular weight is 482 g/mol. The highest BCUT2D eigenvalue weighted by Crippen LogP contribution is 2.29. The smallest absolute Gasteiger partial charge is 0.232 e. The van der Waals surface area contributed by atoms with Crippen LogP contribution in [-0.4, -0.2) is 57.3 Å². The van der Waals surface area contributed by atoms with E-state index in [1.165, 1.54) is 0 Å². The number of fused-ring (bicyclic) bond motifs is 1. The molecule has 1 amide bonds. The summed E-state index contributed by atoms with van der Waals surface area (Å²) in [5.74, 6) is 1.22. The monoisotopic (exact) mass is 481 g/mol. The van der Waals surface area contributed by atoms with Crippen LogP contribution in [0, 0.1) is 0 Å². The Morgan fingerprint density at radius 2 is 1.81 bits per heavy atom. The molecule has 1 aliphatic heterocycles. The van der Waals surface area contributed by atoms with Crippen LogP contribution in [0.4, 0.5) is 11.5 Å². The summed E-state index contributed by atoms with van der Waals surface area (Å²) in [6.07, 6.45) is 5.05. The number of carbonyl (C=O) groups excluding carboxylic acids is 1. The molecule has 10 nitrogen and oxygen atoms in total. The predicted octanol–water partition coefficient (Wildman–Crippen LogP) is 3.69. The maximum atomic E-state index is 12.5. The predicted molar refractivity (Wildman–Crippen MR) is 134 cm³/mol. The average Bonchev–Trinajstić information content (AvgIpc) is 3.57. The van der Waals surface area contributed by atoms with Gasteiger partial charge in [0, 0.05) is 48.5 Å². The van der Waals surface area contributed by atoms with Gasteiger partial charge in [-0.25, -0.2) is 9.97 Å². The number of amides is 1. The van der Waals surface area contributed by atoms with Crippen LogP contribution in [0.1, 0.15) is 5.76 Å². The van der Waals surface area contributed by atoms with Crippen molar-refractivity contribution in [3.63, 3.8) is 0 Å². The molecule has 180 valence electrons. The number of hydrogen-bond donors (Lipinski definition) is 2. The van der Waals surface area contributed by atoms with Gasteiger partial charge in [-0.3, -0.25) is 9.78 Å². The van der Waals surface area contributed by atoms with E-state index < -0.39 is 0 Å². The highest BCUT2D eigenvalue weighted by atomic mass is 16.5. The molecule has 0 saturated carbocycles. The van der Waals surface area contributed by atoms with Gasteiger partial charge >= 0.3 is 0 Å². The fourth-order valence-electron chi connectivity index (χ4n) is 4.26. The fraction of sp³-hybridized carbons (Fsp3) is 0.192. The lowest BCUT2D eigenvalue weighted by Gasteiger charge is -2.27. The SMILES string of the molecule is O=C(Cc1cc(-c2ccncc2)no1)Nc1ccc(-c2cc3c(N4CCOCC4)ncnc3[nH]2)cc1. The molecule has 0 aliphatic carbocycles. The molecule has 1 saturated heterocycles. The van der Waals surface area contributed by atoms with Gasteiger partial charge in [0.15, 0.2) is 0 Å². The summed E-state index contributed by atoms with van der Waals surface area (Å²) in [5, 5.41) is 7.93. The van der Waals surface area contributed by atoms with Gasteiger partial charge < -0.3 is 24.5 Å². The van der Waals surface area contributed by atoms with E-state index in [1.807, 2.05) is 36.4 Å². The number of rotatable bonds is 6. The fourth-order valence-corrected chi connectivity index (χ4v) is 4.26. The van der Waals surface area contributed by atoms with Crippen LogP contribution in [0.15, 0.2) is 71.8 Å². The molecule has 10 heteroatoms. The molecule has 0 bridgehead atoms. The van der Waals surface area contributed by atoms with Crippen LogP contribution < -0.4 is 10.2 Å². The van der Waals surface area contributed by atoms with E-state index in [-0.39, 0.29) is 12.3 Å². The van der Waals surface area contributed by atoms with Gasteiger partial charge in [-0.05, 0) is 35.9 Å². The zero-order chi connectivity index (χ0) is 24.3. The zero-order valence-corrected chi connectivity index (χ0v) is 19.3. The molecule has 6 rings (SSSR count). The Balaban J connectivity index is 1.14. The number of carbonyl (C=O) groups is 1. The number of benzene rings is 1. The number of aromatic nitrogens is 5. The van der Waals surface area contributed by atoms with Crippen LogP contribution in [-0.2, 0) is 16.0 Å². The number of hydrogen-bond acceptors (Lipinski definition) is 8. The standard InChI is InChI=1S/C26H23N7O3/c34-24(14-20-13-23(32-36-20)18-5-7-27-8-6-18)30-19-3-1-17(2-4-19)22-15-21-25(31-22)28-16-29-26(21)33-9-11-35-12-10-33/h1-8,13,15-16H,9-12,14H2,(H,30,34)(H,28,29,31). The van der Waals surface area contributed by atoms with Gasteiger partial charge in [-0.1, -0.05) is 17.3 Å². The van der Waals surface area contributed by atoms with Crippen molar-refractivity contribution in [2.75, 3.05) is 36.5 Å². The highest BCUT2D eigenvalue weighted by Gasteiger charge is 2.18. The minimum absolute atomic E-state index is 0.0881. The van der Waals surface area contributed by atoms with Crippen molar-refractivity contribution >= 4 is 28.4 Å². The summed E-state index contributed by atoms with van der Waals surface area (Å²) in [5.41, 5.74) is 4.96. The molecule has 5 heterocycles. The van der Waals surface area contributed by atoms with Crippen LogP contribution in [0.2, 0.25) is 0 Å². The lowest BCUT2D eigenvalue weighted by atomic mass is 10.1. The molecule has 36 heavy (non-hydrogen) atoms. The second-order valence-electron chi connectivity index (χ2n) is 8.46. The first-order valence-corrected chi connectivity index (χ1v) is 11.7. The molecule has 4 aromatic heterocycles. The summed E-state index contributed by atoms with van der Waals surface area (Å²) in [7, 11) is 0. The minimum Gasteiger partial charge on any atom is -0.378 e. The summed E-state index contributed by atoms with van der Waals surface area (Å²) in [6, 6.07) is 15.2. The van der Waals surface area contributed by atoms with E-state index in [0.717, 1.165) is 46.8 Å². The van der Waals surface area contributed by atoms with Gasteiger partial charge in [0.1, 0.15) is 29.2 Å². The Hall–Kier alpha value is -4.57. The van der Waals surface area contributed by atoms with Gasteiger partial charge in [-0.2, -0.15) is 0 Å². The minimum atomic E-state index is -0.184. The first-order valence-electron chi connectivity index (χ1n) is 11.7. The molecular weight excluding hydrogens is 458 g/mol. The molecule has 1 aliphatic rings. The first-order chi connectivity index (χ1) is 17.7. The molecule has 0 spiro atoms.